The van der Waals surface area contributed by atoms with E-state index in [1.165, 1.54) is 36.4 Å². The van der Waals surface area contributed by atoms with Crippen LogP contribution in [-0.4, -0.2) is 48.4 Å². The van der Waals surface area contributed by atoms with E-state index in [2.05, 4.69) is 15.0 Å². The Morgan fingerprint density at radius 2 is 1.26 bits per heavy atom. The molecule has 0 saturated carbocycles. The topological polar surface area (TPSA) is 44.8 Å². The fourth-order valence-corrected chi connectivity index (χ4v) is 4.03. The third-order valence-corrected chi connectivity index (χ3v) is 5.68. The lowest BCUT2D eigenvalue weighted by atomic mass is 9.96. The summed E-state index contributed by atoms with van der Waals surface area (Å²) in [6.07, 6.45) is -4.79. The highest BCUT2D eigenvalue weighted by atomic mass is 19.4. The summed E-state index contributed by atoms with van der Waals surface area (Å²) in [6, 6.07) is 16.5. The molecular formula is C25H22F5N3O2. The van der Waals surface area contributed by atoms with E-state index in [0.29, 0.717) is 31.9 Å². The summed E-state index contributed by atoms with van der Waals surface area (Å²) in [5.41, 5.74) is 2.02. The van der Waals surface area contributed by atoms with Gasteiger partial charge >= 0.3 is 12.4 Å². The molecule has 3 aromatic rings. The highest BCUT2D eigenvalue weighted by molar-refractivity contribution is 5.89. The first-order chi connectivity index (χ1) is 16.7. The van der Waals surface area contributed by atoms with Crippen molar-refractivity contribution in [2.24, 2.45) is 0 Å². The molecule has 1 aliphatic heterocycles. The van der Waals surface area contributed by atoms with Crippen molar-refractivity contribution in [1.82, 2.24) is 9.80 Å². The molecule has 3 aromatic carbocycles. The van der Waals surface area contributed by atoms with Gasteiger partial charge in [0.2, 0.25) is 0 Å². The lowest BCUT2D eigenvalue weighted by Crippen LogP contribution is -2.51. The van der Waals surface area contributed by atoms with Crippen LogP contribution in [0.15, 0.2) is 72.8 Å². The number of alkyl halides is 3. The van der Waals surface area contributed by atoms with Gasteiger partial charge in [0.05, 0.1) is 6.04 Å². The van der Waals surface area contributed by atoms with Gasteiger partial charge in [0.1, 0.15) is 17.4 Å². The molecule has 1 aliphatic rings. The molecule has 2 amide bonds. The van der Waals surface area contributed by atoms with E-state index in [1.807, 2.05) is 0 Å². The number of carbonyl (C=O) groups is 1. The van der Waals surface area contributed by atoms with Gasteiger partial charge in [0, 0.05) is 31.9 Å². The first kappa shape index (κ1) is 24.5. The van der Waals surface area contributed by atoms with Crippen LogP contribution < -0.4 is 10.1 Å². The highest BCUT2D eigenvalue weighted by Gasteiger charge is 2.31. The lowest BCUT2D eigenvalue weighted by molar-refractivity contribution is -0.274. The number of halogens is 5. The number of carbonyl (C=O) groups excluding carboxylic acids is 1. The smallest absolute Gasteiger partial charge is 0.406 e. The Morgan fingerprint density at radius 3 is 1.71 bits per heavy atom. The summed E-state index contributed by atoms with van der Waals surface area (Å²) >= 11 is 0. The minimum absolute atomic E-state index is 0.248. The number of ether oxygens (including phenoxy) is 1. The monoisotopic (exact) mass is 491 g/mol. The van der Waals surface area contributed by atoms with Crippen molar-refractivity contribution in [2.75, 3.05) is 31.5 Å². The van der Waals surface area contributed by atoms with E-state index in [-0.39, 0.29) is 29.5 Å². The summed E-state index contributed by atoms with van der Waals surface area (Å²) in [6.45, 7) is 1.79. The van der Waals surface area contributed by atoms with Crippen LogP contribution in [0.3, 0.4) is 0 Å². The molecule has 10 heteroatoms. The molecular weight excluding hydrogens is 469 g/mol. The fraction of sp³-hybridized carbons (Fsp3) is 0.240. The number of urea groups is 1. The molecule has 5 nitrogen and oxygen atoms in total. The van der Waals surface area contributed by atoms with Gasteiger partial charge in [-0.05, 0) is 59.7 Å². The molecule has 0 aromatic heterocycles. The van der Waals surface area contributed by atoms with Gasteiger partial charge in [-0.1, -0.05) is 24.3 Å². The van der Waals surface area contributed by atoms with Gasteiger partial charge in [-0.2, -0.15) is 0 Å². The second-order valence-corrected chi connectivity index (χ2v) is 8.03. The fourth-order valence-electron chi connectivity index (χ4n) is 4.03. The number of amides is 2. The third-order valence-electron chi connectivity index (χ3n) is 5.68. The number of piperazine rings is 1. The Kier molecular flexibility index (Phi) is 7.20. The third kappa shape index (κ3) is 6.48. The molecule has 184 valence electrons. The Hall–Kier alpha value is -3.66. The van der Waals surface area contributed by atoms with Crippen LogP contribution in [0, 0.1) is 11.6 Å². The highest BCUT2D eigenvalue weighted by Crippen LogP contribution is 2.30. The molecule has 0 radical (unpaired) electrons. The van der Waals surface area contributed by atoms with Gasteiger partial charge in [-0.15, -0.1) is 13.2 Å². The first-order valence-electron chi connectivity index (χ1n) is 10.8. The minimum Gasteiger partial charge on any atom is -0.406 e. The Balaban J connectivity index is 1.40. The van der Waals surface area contributed by atoms with Crippen molar-refractivity contribution in [1.29, 1.82) is 0 Å². The zero-order valence-electron chi connectivity index (χ0n) is 18.4. The van der Waals surface area contributed by atoms with Crippen molar-refractivity contribution in [2.45, 2.75) is 12.4 Å². The van der Waals surface area contributed by atoms with Crippen LogP contribution in [0.4, 0.5) is 32.4 Å². The average molecular weight is 491 g/mol. The van der Waals surface area contributed by atoms with Crippen LogP contribution >= 0.6 is 0 Å². The predicted octanol–water partition coefficient (Wildman–Crippen LogP) is 5.80. The summed E-state index contributed by atoms with van der Waals surface area (Å²) in [5, 5.41) is 2.67. The number of hydrogen-bond donors (Lipinski definition) is 1. The maximum atomic E-state index is 13.5. The van der Waals surface area contributed by atoms with Crippen molar-refractivity contribution in [3.8, 4) is 5.75 Å². The largest absolute Gasteiger partial charge is 0.573 e. The van der Waals surface area contributed by atoms with Gasteiger partial charge in [-0.25, -0.2) is 13.6 Å². The van der Waals surface area contributed by atoms with Crippen molar-refractivity contribution >= 4 is 11.7 Å². The number of hydrogen-bond acceptors (Lipinski definition) is 3. The number of rotatable bonds is 5. The van der Waals surface area contributed by atoms with Crippen molar-refractivity contribution in [3.05, 3.63) is 95.6 Å². The van der Waals surface area contributed by atoms with E-state index in [4.69, 9.17) is 0 Å². The quantitative estimate of drug-likeness (QED) is 0.459. The van der Waals surface area contributed by atoms with E-state index >= 15 is 0 Å². The number of benzene rings is 3. The molecule has 0 spiro atoms. The van der Waals surface area contributed by atoms with Crippen LogP contribution in [-0.2, 0) is 0 Å². The summed E-state index contributed by atoms with van der Waals surface area (Å²) < 4.78 is 67.7. The molecule has 35 heavy (non-hydrogen) atoms. The Labute approximate surface area is 198 Å². The second-order valence-electron chi connectivity index (χ2n) is 8.03. The standard InChI is InChI=1S/C25H22F5N3O2/c26-19-5-1-17(2-6-19)23(18-3-7-20(27)8-4-18)32-13-15-33(16-14-32)24(34)31-21-9-11-22(12-10-21)35-25(28,29)30/h1-12,23H,13-16H2,(H,31,34). The van der Waals surface area contributed by atoms with E-state index in [0.717, 1.165) is 23.3 Å². The summed E-state index contributed by atoms with van der Waals surface area (Å²) in [7, 11) is 0. The molecule has 1 heterocycles. The van der Waals surface area contributed by atoms with E-state index in [1.54, 1.807) is 29.2 Å². The minimum atomic E-state index is -4.79. The van der Waals surface area contributed by atoms with Gasteiger partial charge < -0.3 is 15.0 Å². The molecule has 0 unspecified atom stereocenters. The number of anilines is 1. The normalized spacial score (nSPS) is 14.7. The van der Waals surface area contributed by atoms with E-state index in [9.17, 15) is 26.7 Å². The molecule has 4 rings (SSSR count). The molecule has 0 aliphatic carbocycles. The van der Waals surface area contributed by atoms with Crippen molar-refractivity contribution in [3.63, 3.8) is 0 Å². The summed E-state index contributed by atoms with van der Waals surface area (Å²) in [5.74, 6) is -1.09. The average Bonchev–Trinajstić information content (AvgIpc) is 2.82. The maximum Gasteiger partial charge on any atom is 0.573 e. The zero-order chi connectivity index (χ0) is 25.0. The van der Waals surface area contributed by atoms with E-state index < -0.39 is 6.36 Å². The Bertz CT molecular complexity index is 1080. The summed E-state index contributed by atoms with van der Waals surface area (Å²) in [4.78, 5) is 16.4. The Morgan fingerprint density at radius 1 is 0.771 bits per heavy atom. The molecule has 1 fully saturated rings. The molecule has 1 N–H and O–H groups in total. The van der Waals surface area contributed by atoms with Crippen LogP contribution in [0.1, 0.15) is 17.2 Å². The SMILES string of the molecule is O=C(Nc1ccc(OC(F)(F)F)cc1)N1CCN(C(c2ccc(F)cc2)c2ccc(F)cc2)CC1. The molecule has 1 saturated heterocycles. The van der Waals surface area contributed by atoms with Crippen LogP contribution in [0.25, 0.3) is 0 Å². The molecule has 0 bridgehead atoms. The molecule has 0 atom stereocenters. The van der Waals surface area contributed by atoms with Gasteiger partial charge in [0.15, 0.2) is 0 Å². The zero-order valence-corrected chi connectivity index (χ0v) is 18.4. The number of nitrogens with one attached hydrogen (secondary N) is 1. The van der Waals surface area contributed by atoms with Crippen LogP contribution in [0.2, 0.25) is 0 Å². The maximum absolute atomic E-state index is 13.5. The number of nitrogens with zero attached hydrogens (tertiary/aromatic N) is 2. The predicted molar refractivity (Wildman–Crippen MR) is 120 cm³/mol. The lowest BCUT2D eigenvalue weighted by Gasteiger charge is -2.39. The second kappa shape index (κ2) is 10.3. The first-order valence-corrected chi connectivity index (χ1v) is 10.8. The van der Waals surface area contributed by atoms with Crippen LogP contribution in [0.5, 0.6) is 5.75 Å². The van der Waals surface area contributed by atoms with Crippen molar-refractivity contribution < 1.29 is 31.5 Å². The van der Waals surface area contributed by atoms with Gasteiger partial charge in [0.25, 0.3) is 0 Å². The van der Waals surface area contributed by atoms with Gasteiger partial charge in [-0.3, -0.25) is 4.90 Å².